The van der Waals surface area contributed by atoms with Gasteiger partial charge in [0, 0.05) is 17.5 Å². The second-order valence-corrected chi connectivity index (χ2v) is 5.58. The summed E-state index contributed by atoms with van der Waals surface area (Å²) in [6.07, 6.45) is 3.92. The molecule has 2 aromatic rings. The van der Waals surface area contributed by atoms with Crippen LogP contribution in [0.3, 0.4) is 0 Å². The molecule has 0 unspecified atom stereocenters. The Morgan fingerprint density at radius 3 is 2.50 bits per heavy atom. The molecule has 86 valence electrons. The first-order chi connectivity index (χ1) is 7.39. The number of aromatic nitrogens is 3. The molecule has 0 saturated carbocycles. The predicted molar refractivity (Wildman–Crippen MR) is 65.8 cm³/mol. The summed E-state index contributed by atoms with van der Waals surface area (Å²) < 4.78 is 1.85. The molecule has 2 heterocycles. The summed E-state index contributed by atoms with van der Waals surface area (Å²) in [5, 5.41) is 4.34. The van der Waals surface area contributed by atoms with E-state index in [0.29, 0.717) is 5.92 Å². The van der Waals surface area contributed by atoms with E-state index in [9.17, 15) is 0 Å². The molecule has 0 spiro atoms. The summed E-state index contributed by atoms with van der Waals surface area (Å²) in [6, 6.07) is 2.04. The van der Waals surface area contributed by atoms with E-state index in [1.54, 1.807) is 0 Å². The van der Waals surface area contributed by atoms with Crippen LogP contribution in [0.2, 0.25) is 0 Å². The van der Waals surface area contributed by atoms with Gasteiger partial charge in [0.1, 0.15) is 0 Å². The van der Waals surface area contributed by atoms with Crippen molar-refractivity contribution in [3.8, 4) is 0 Å². The predicted octanol–water partition coefficient (Wildman–Crippen LogP) is 3.15. The van der Waals surface area contributed by atoms with Crippen molar-refractivity contribution in [2.24, 2.45) is 0 Å². The smallest absolute Gasteiger partial charge is 0.158 e. The molecular weight excluding hydrogens is 198 g/mol. The second kappa shape index (κ2) is 3.58. The number of rotatable bonds is 1. The van der Waals surface area contributed by atoms with Crippen LogP contribution in [0.1, 0.15) is 51.8 Å². The lowest BCUT2D eigenvalue weighted by atomic mass is 9.89. The minimum Gasteiger partial charge on any atom is -0.233 e. The van der Waals surface area contributed by atoms with Crippen molar-refractivity contribution in [3.05, 3.63) is 29.7 Å². The van der Waals surface area contributed by atoms with Crippen LogP contribution in [0.15, 0.2) is 18.5 Å². The molecule has 3 nitrogen and oxygen atoms in total. The van der Waals surface area contributed by atoms with E-state index in [1.165, 1.54) is 5.56 Å². The minimum absolute atomic E-state index is 0.0877. The Morgan fingerprint density at radius 2 is 1.94 bits per heavy atom. The maximum Gasteiger partial charge on any atom is 0.158 e. The quantitative estimate of drug-likeness (QED) is 0.734. The zero-order valence-electron chi connectivity index (χ0n) is 10.7. The topological polar surface area (TPSA) is 30.2 Å². The molecule has 0 aliphatic heterocycles. The third-order valence-electron chi connectivity index (χ3n) is 2.79. The highest BCUT2D eigenvalue weighted by molar-refractivity contribution is 5.50. The maximum atomic E-state index is 4.70. The zero-order chi connectivity index (χ0) is 11.9. The Balaban J connectivity index is 2.65. The van der Waals surface area contributed by atoms with Crippen LogP contribution in [0.5, 0.6) is 0 Å². The fraction of sp³-hybridized carbons (Fsp3) is 0.538. The lowest BCUT2D eigenvalue weighted by Gasteiger charge is -2.16. The van der Waals surface area contributed by atoms with Gasteiger partial charge in [-0.25, -0.2) is 9.50 Å². The average molecular weight is 217 g/mol. The fourth-order valence-electron chi connectivity index (χ4n) is 1.73. The van der Waals surface area contributed by atoms with Crippen molar-refractivity contribution < 1.29 is 0 Å². The molecule has 0 amide bonds. The van der Waals surface area contributed by atoms with Crippen molar-refractivity contribution in [2.45, 2.75) is 46.0 Å². The van der Waals surface area contributed by atoms with Crippen LogP contribution in [-0.4, -0.2) is 14.6 Å². The molecule has 0 aliphatic carbocycles. The molecule has 0 aromatic carbocycles. The molecule has 16 heavy (non-hydrogen) atoms. The molecule has 0 aliphatic rings. The summed E-state index contributed by atoms with van der Waals surface area (Å²) in [5.74, 6) is 0.452. The summed E-state index contributed by atoms with van der Waals surface area (Å²) in [4.78, 5) is 4.70. The molecule has 3 heteroatoms. The molecule has 0 N–H and O–H groups in total. The van der Waals surface area contributed by atoms with Gasteiger partial charge in [0.25, 0.3) is 0 Å². The minimum atomic E-state index is 0.0877. The fourth-order valence-corrected chi connectivity index (χ4v) is 1.73. The average Bonchev–Trinajstić information content (AvgIpc) is 2.58. The van der Waals surface area contributed by atoms with Gasteiger partial charge < -0.3 is 0 Å². The van der Waals surface area contributed by atoms with Crippen molar-refractivity contribution in [3.63, 3.8) is 0 Å². The molecule has 2 aromatic heterocycles. The number of nitrogens with zero attached hydrogens (tertiary/aromatic N) is 3. The molecular formula is C13H19N3. The molecule has 0 radical (unpaired) electrons. The van der Waals surface area contributed by atoms with Crippen molar-refractivity contribution in [1.29, 1.82) is 0 Å². The largest absolute Gasteiger partial charge is 0.233 e. The zero-order valence-corrected chi connectivity index (χ0v) is 10.7. The van der Waals surface area contributed by atoms with Gasteiger partial charge in [-0.1, -0.05) is 34.6 Å². The first-order valence-electron chi connectivity index (χ1n) is 5.74. The summed E-state index contributed by atoms with van der Waals surface area (Å²) in [7, 11) is 0. The van der Waals surface area contributed by atoms with Gasteiger partial charge in [0.2, 0.25) is 0 Å². The van der Waals surface area contributed by atoms with Crippen molar-refractivity contribution in [1.82, 2.24) is 14.6 Å². The van der Waals surface area contributed by atoms with Gasteiger partial charge in [0.05, 0.1) is 6.20 Å². The number of hydrogen-bond donors (Lipinski definition) is 0. The van der Waals surface area contributed by atoms with Crippen LogP contribution >= 0.6 is 0 Å². The van der Waals surface area contributed by atoms with Gasteiger partial charge in [-0.3, -0.25) is 0 Å². The second-order valence-electron chi connectivity index (χ2n) is 5.58. The molecule has 0 atom stereocenters. The lowest BCUT2D eigenvalue weighted by Crippen LogP contribution is -2.11. The maximum absolute atomic E-state index is 4.70. The summed E-state index contributed by atoms with van der Waals surface area (Å²) >= 11 is 0. The van der Waals surface area contributed by atoms with Gasteiger partial charge in [-0.2, -0.15) is 5.10 Å². The Bertz CT molecular complexity index is 503. The Kier molecular flexibility index (Phi) is 2.49. The van der Waals surface area contributed by atoms with E-state index in [-0.39, 0.29) is 5.41 Å². The van der Waals surface area contributed by atoms with E-state index in [0.717, 1.165) is 11.3 Å². The monoisotopic (exact) mass is 217 g/mol. The van der Waals surface area contributed by atoms with Gasteiger partial charge >= 0.3 is 0 Å². The highest BCUT2D eigenvalue weighted by atomic mass is 15.2. The van der Waals surface area contributed by atoms with Crippen molar-refractivity contribution >= 4 is 5.65 Å². The van der Waals surface area contributed by atoms with Crippen LogP contribution in [0.25, 0.3) is 5.65 Å². The highest BCUT2D eigenvalue weighted by Crippen LogP contribution is 2.26. The first kappa shape index (κ1) is 11.1. The van der Waals surface area contributed by atoms with Gasteiger partial charge in [-0.05, 0) is 17.4 Å². The first-order valence-corrected chi connectivity index (χ1v) is 5.74. The highest BCUT2D eigenvalue weighted by Gasteiger charge is 2.20. The van der Waals surface area contributed by atoms with Crippen molar-refractivity contribution in [2.75, 3.05) is 0 Å². The van der Waals surface area contributed by atoms with Crippen LogP contribution in [0.4, 0.5) is 0 Å². The van der Waals surface area contributed by atoms with E-state index >= 15 is 0 Å². The van der Waals surface area contributed by atoms with E-state index in [2.05, 4.69) is 39.7 Å². The van der Waals surface area contributed by atoms with E-state index < -0.39 is 0 Å². The molecule has 0 fully saturated rings. The molecule has 0 saturated heterocycles. The summed E-state index contributed by atoms with van der Waals surface area (Å²) in [5.41, 5.74) is 3.40. The SMILES string of the molecule is CC(C)c1ccn2ncc(C(C)(C)C)c2n1. The molecule has 0 bridgehead atoms. The van der Waals surface area contributed by atoms with E-state index in [1.807, 2.05) is 23.0 Å². The number of hydrogen-bond acceptors (Lipinski definition) is 2. The Hall–Kier alpha value is -1.38. The summed E-state index contributed by atoms with van der Waals surface area (Å²) in [6.45, 7) is 10.9. The van der Waals surface area contributed by atoms with E-state index in [4.69, 9.17) is 4.98 Å². The van der Waals surface area contributed by atoms with Crippen LogP contribution in [-0.2, 0) is 5.41 Å². The van der Waals surface area contributed by atoms with Crippen LogP contribution in [0, 0.1) is 0 Å². The van der Waals surface area contributed by atoms with Gasteiger partial charge in [-0.15, -0.1) is 0 Å². The normalized spacial score (nSPS) is 12.6. The van der Waals surface area contributed by atoms with Crippen LogP contribution < -0.4 is 0 Å². The molecule has 2 rings (SSSR count). The lowest BCUT2D eigenvalue weighted by molar-refractivity contribution is 0.594. The Labute approximate surface area is 96.5 Å². The third-order valence-corrected chi connectivity index (χ3v) is 2.79. The Morgan fingerprint density at radius 1 is 1.25 bits per heavy atom. The standard InChI is InChI=1S/C13H19N3/c1-9(2)11-6-7-16-12(15-11)10(8-14-16)13(3,4)5/h6-9H,1-5H3. The van der Waals surface area contributed by atoms with Gasteiger partial charge in [0.15, 0.2) is 5.65 Å². The number of fused-ring (bicyclic) bond motifs is 1. The third kappa shape index (κ3) is 1.82.